The van der Waals surface area contributed by atoms with Crippen molar-refractivity contribution < 1.29 is 37.1 Å². The van der Waals surface area contributed by atoms with Gasteiger partial charge < -0.3 is 27.9 Å². The van der Waals surface area contributed by atoms with Gasteiger partial charge in [0.05, 0.1) is 51.1 Å². The number of phenolic OH excluding ortho intramolecular Hbond substituents is 1. The molecule has 3 aromatic rings. The molecule has 0 unspecified atom stereocenters. The molecule has 0 aliphatic carbocycles. The number of nitrogens with zero attached hydrogens (tertiary/aromatic N) is 2. The summed E-state index contributed by atoms with van der Waals surface area (Å²) >= 11 is 0. The topological polar surface area (TPSA) is 118 Å². The minimum atomic E-state index is -4.00. The average Bonchev–Trinajstić information content (AvgIpc) is 3.31. The average molecular weight is 567 g/mol. The lowest BCUT2D eigenvalue weighted by atomic mass is 10.0. The molecule has 38 heavy (non-hydrogen) atoms. The number of methoxy groups -OCH3 is 1. The van der Waals surface area contributed by atoms with Crippen LogP contribution in [0.4, 0.5) is 0 Å². The zero-order chi connectivity index (χ0) is 27.8. The zero-order valence-corrected chi connectivity index (χ0v) is 24.2. The molecule has 208 valence electrons. The lowest BCUT2D eigenvalue weighted by molar-refractivity contribution is 0.195. The van der Waals surface area contributed by atoms with E-state index in [4.69, 9.17) is 22.8 Å². The quantitative estimate of drug-likeness (QED) is 0.202. The van der Waals surface area contributed by atoms with E-state index < -0.39 is 20.6 Å². The number of aromatic hydroxyl groups is 1. The van der Waals surface area contributed by atoms with Crippen molar-refractivity contribution in [2.45, 2.75) is 39.5 Å². The van der Waals surface area contributed by atoms with Gasteiger partial charge in [-0.25, -0.2) is 4.68 Å². The number of para-hydroxylation sites is 1. The molecule has 12 heteroatoms. The molecule has 1 heterocycles. The standard InChI is InChI=1S/C26H36N2O8P2/c1-6-33-37(30,34-7-2)25(38(31,35-8-3)36-9-4)18-20-19-27-28(21-14-16-22(32-5)17-15-21)26(20)23-12-10-11-13-24(23)29/h10-17,19,25,29H,6-9,18H2,1-5H3. The zero-order valence-electron chi connectivity index (χ0n) is 22.4. The van der Waals surface area contributed by atoms with E-state index in [0.717, 1.165) is 0 Å². The number of hydrogen-bond donors (Lipinski definition) is 1. The van der Waals surface area contributed by atoms with E-state index in [-0.39, 0.29) is 38.6 Å². The molecule has 2 aromatic carbocycles. The van der Waals surface area contributed by atoms with Crippen molar-refractivity contribution >= 4 is 15.2 Å². The van der Waals surface area contributed by atoms with Crippen LogP contribution in [0, 0.1) is 0 Å². The highest BCUT2D eigenvalue weighted by molar-refractivity contribution is 7.72. The van der Waals surface area contributed by atoms with Crippen molar-refractivity contribution in [3.63, 3.8) is 0 Å². The monoisotopic (exact) mass is 566 g/mol. The van der Waals surface area contributed by atoms with Gasteiger partial charge in [-0.3, -0.25) is 9.13 Å². The Labute approximate surface area is 223 Å². The fraction of sp³-hybridized carbons (Fsp3) is 0.423. The van der Waals surface area contributed by atoms with E-state index in [9.17, 15) is 14.2 Å². The van der Waals surface area contributed by atoms with Gasteiger partial charge >= 0.3 is 15.2 Å². The first-order valence-electron chi connectivity index (χ1n) is 12.5. The SMILES string of the molecule is CCOP(=O)(OCC)C(Cc1cnn(-c2ccc(OC)cc2)c1-c1ccccc1O)P(=O)(OCC)OCC. The summed E-state index contributed by atoms with van der Waals surface area (Å²) in [4.78, 5) is 0. The van der Waals surface area contributed by atoms with Crippen molar-refractivity contribution in [2.24, 2.45) is 0 Å². The molecular weight excluding hydrogens is 530 g/mol. The van der Waals surface area contributed by atoms with Gasteiger partial charge in [0.1, 0.15) is 11.5 Å². The number of rotatable bonds is 15. The predicted molar refractivity (Wildman–Crippen MR) is 146 cm³/mol. The Morgan fingerprint density at radius 3 is 1.84 bits per heavy atom. The second-order valence-electron chi connectivity index (χ2n) is 8.08. The molecule has 0 atom stereocenters. The van der Waals surface area contributed by atoms with E-state index in [1.807, 2.05) is 12.1 Å². The summed E-state index contributed by atoms with van der Waals surface area (Å²) in [6.45, 7) is 7.03. The Kier molecular flexibility index (Phi) is 10.7. The first-order chi connectivity index (χ1) is 18.3. The highest BCUT2D eigenvalue weighted by atomic mass is 31.2. The molecule has 0 spiro atoms. The van der Waals surface area contributed by atoms with Crippen molar-refractivity contribution in [3.8, 4) is 28.4 Å². The van der Waals surface area contributed by atoms with Crippen molar-refractivity contribution in [3.05, 3.63) is 60.3 Å². The van der Waals surface area contributed by atoms with Crippen LogP contribution in [0.15, 0.2) is 54.7 Å². The Hall–Kier alpha value is -2.45. The van der Waals surface area contributed by atoms with Gasteiger partial charge in [0.15, 0.2) is 5.40 Å². The summed E-state index contributed by atoms with van der Waals surface area (Å²) in [5.41, 5.74) is 2.26. The first-order valence-corrected chi connectivity index (χ1v) is 15.8. The summed E-state index contributed by atoms with van der Waals surface area (Å²) in [6.07, 6.45) is 1.51. The molecular formula is C26H36N2O8P2. The van der Waals surface area contributed by atoms with Gasteiger partial charge in [0, 0.05) is 17.5 Å². The van der Waals surface area contributed by atoms with Gasteiger partial charge in [-0.15, -0.1) is 0 Å². The van der Waals surface area contributed by atoms with Gasteiger partial charge in [-0.2, -0.15) is 5.10 Å². The van der Waals surface area contributed by atoms with Crippen LogP contribution in [-0.4, -0.2) is 53.8 Å². The molecule has 3 rings (SSSR count). The van der Waals surface area contributed by atoms with Gasteiger partial charge in [0.2, 0.25) is 0 Å². The van der Waals surface area contributed by atoms with E-state index in [1.54, 1.807) is 82.1 Å². The molecule has 0 saturated carbocycles. The molecule has 0 fully saturated rings. The number of ether oxygens (including phenoxy) is 1. The summed E-state index contributed by atoms with van der Waals surface area (Å²) in [5, 5.41) is 14.1. The number of aromatic nitrogens is 2. The Morgan fingerprint density at radius 2 is 1.37 bits per heavy atom. The molecule has 0 aliphatic rings. The molecule has 0 saturated heterocycles. The summed E-state index contributed by atoms with van der Waals surface area (Å²) < 4.78 is 57.7. The van der Waals surface area contributed by atoms with Crippen LogP contribution < -0.4 is 4.74 Å². The molecule has 0 aliphatic heterocycles. The third-order valence-corrected chi connectivity index (χ3v) is 11.7. The van der Waals surface area contributed by atoms with Crippen LogP contribution in [0.25, 0.3) is 16.9 Å². The van der Waals surface area contributed by atoms with E-state index in [0.29, 0.717) is 28.3 Å². The first kappa shape index (κ1) is 30.1. The van der Waals surface area contributed by atoms with Gasteiger partial charge in [0.25, 0.3) is 0 Å². The number of hydrogen-bond acceptors (Lipinski definition) is 9. The molecule has 0 bridgehead atoms. The molecule has 10 nitrogen and oxygen atoms in total. The normalized spacial score (nSPS) is 12.3. The van der Waals surface area contributed by atoms with E-state index in [1.165, 1.54) is 0 Å². The maximum absolute atomic E-state index is 14.1. The highest BCUT2D eigenvalue weighted by Crippen LogP contribution is 2.71. The molecule has 0 radical (unpaired) electrons. The predicted octanol–water partition coefficient (Wildman–Crippen LogP) is 6.65. The lowest BCUT2D eigenvalue weighted by Crippen LogP contribution is -2.20. The Bertz CT molecular complexity index is 1230. The van der Waals surface area contributed by atoms with Crippen LogP contribution in [0.2, 0.25) is 0 Å². The van der Waals surface area contributed by atoms with E-state index >= 15 is 0 Å². The van der Waals surface area contributed by atoms with Crippen LogP contribution in [0.1, 0.15) is 33.3 Å². The highest BCUT2D eigenvalue weighted by Gasteiger charge is 2.51. The molecule has 0 amide bonds. The van der Waals surface area contributed by atoms with Crippen LogP contribution in [0.3, 0.4) is 0 Å². The fourth-order valence-electron chi connectivity index (χ4n) is 4.14. The second kappa shape index (κ2) is 13.6. The van der Waals surface area contributed by atoms with Crippen LogP contribution in [-0.2, 0) is 33.6 Å². The third kappa shape index (κ3) is 6.57. The maximum atomic E-state index is 14.1. The van der Waals surface area contributed by atoms with Crippen molar-refractivity contribution in [2.75, 3.05) is 33.5 Å². The lowest BCUT2D eigenvalue weighted by Gasteiger charge is -2.31. The Balaban J connectivity index is 2.24. The van der Waals surface area contributed by atoms with Crippen LogP contribution >= 0.6 is 15.2 Å². The minimum absolute atomic E-state index is 0.0242. The number of benzene rings is 2. The summed E-state index contributed by atoms with van der Waals surface area (Å²) in [6, 6.07) is 14.1. The smallest absolute Gasteiger partial charge is 0.346 e. The maximum Gasteiger partial charge on any atom is 0.346 e. The van der Waals surface area contributed by atoms with Crippen LogP contribution in [0.5, 0.6) is 11.5 Å². The van der Waals surface area contributed by atoms with Crippen molar-refractivity contribution in [1.29, 1.82) is 0 Å². The fourth-order valence-corrected chi connectivity index (χ4v) is 9.45. The third-order valence-electron chi connectivity index (χ3n) is 5.69. The molecule has 1 N–H and O–H groups in total. The van der Waals surface area contributed by atoms with Crippen molar-refractivity contribution in [1.82, 2.24) is 9.78 Å². The molecule has 1 aromatic heterocycles. The summed E-state index contributed by atoms with van der Waals surface area (Å²) in [7, 11) is -6.42. The second-order valence-corrected chi connectivity index (χ2v) is 12.9. The van der Waals surface area contributed by atoms with Gasteiger partial charge in [-0.05, 0) is 64.1 Å². The van der Waals surface area contributed by atoms with E-state index in [2.05, 4.69) is 5.10 Å². The summed E-state index contributed by atoms with van der Waals surface area (Å²) in [5.74, 6) is 0.699. The van der Waals surface area contributed by atoms with Gasteiger partial charge in [-0.1, -0.05) is 12.1 Å². The number of phenols is 1. The minimum Gasteiger partial charge on any atom is -0.507 e. The Morgan fingerprint density at radius 1 is 0.842 bits per heavy atom. The largest absolute Gasteiger partial charge is 0.507 e.